The quantitative estimate of drug-likeness (QED) is 0.798. The van der Waals surface area contributed by atoms with E-state index in [1.807, 2.05) is 43.1 Å². The minimum Gasteiger partial charge on any atom is -0.368 e. The maximum absolute atomic E-state index is 12.7. The van der Waals surface area contributed by atoms with Crippen molar-refractivity contribution in [1.82, 2.24) is 9.62 Å². The van der Waals surface area contributed by atoms with E-state index in [0.29, 0.717) is 16.9 Å². The molecule has 2 N–H and O–H groups in total. The summed E-state index contributed by atoms with van der Waals surface area (Å²) in [6.07, 6.45) is 0. The molecule has 8 heteroatoms. The molecule has 1 heterocycles. The highest BCUT2D eigenvalue weighted by Gasteiger charge is 2.24. The molecule has 1 aliphatic rings. The van der Waals surface area contributed by atoms with Gasteiger partial charge in [0.25, 0.3) is 5.91 Å². The number of hydrogen-bond acceptors (Lipinski definition) is 5. The maximum Gasteiger partial charge on any atom is 0.255 e. The summed E-state index contributed by atoms with van der Waals surface area (Å²) in [6, 6.07) is 12.3. The predicted molar refractivity (Wildman–Crippen MR) is 112 cm³/mol. The molecule has 0 unspecified atom stereocenters. The minimum atomic E-state index is -3.71. The summed E-state index contributed by atoms with van der Waals surface area (Å²) in [7, 11) is -0.292. The van der Waals surface area contributed by atoms with Gasteiger partial charge in [-0.25, -0.2) is 13.1 Å². The number of rotatable bonds is 5. The van der Waals surface area contributed by atoms with E-state index in [2.05, 4.69) is 14.9 Å². The van der Waals surface area contributed by atoms with Crippen LogP contribution in [0.3, 0.4) is 0 Å². The first-order chi connectivity index (χ1) is 13.3. The summed E-state index contributed by atoms with van der Waals surface area (Å²) in [5.41, 5.74) is 2.68. The lowest BCUT2D eigenvalue weighted by molar-refractivity contribution is 0.102. The molecule has 28 heavy (non-hydrogen) atoms. The first-order valence-electron chi connectivity index (χ1n) is 9.19. The third-order valence-corrected chi connectivity index (χ3v) is 6.38. The Labute approximate surface area is 166 Å². The molecule has 1 fully saturated rings. The van der Waals surface area contributed by atoms with Gasteiger partial charge in [-0.15, -0.1) is 0 Å². The number of anilines is 2. The van der Waals surface area contributed by atoms with Crippen molar-refractivity contribution >= 4 is 27.3 Å². The Hall–Kier alpha value is -2.42. The van der Waals surface area contributed by atoms with Crippen LogP contribution in [0.5, 0.6) is 0 Å². The van der Waals surface area contributed by atoms with Crippen LogP contribution < -0.4 is 14.9 Å². The Morgan fingerprint density at radius 1 is 1.00 bits per heavy atom. The molecule has 7 nitrogen and oxygen atoms in total. The number of nitrogens with zero attached hydrogens (tertiary/aromatic N) is 2. The van der Waals surface area contributed by atoms with Gasteiger partial charge in [0.05, 0.1) is 5.69 Å². The first-order valence-corrected chi connectivity index (χ1v) is 10.7. The molecule has 1 amide bonds. The summed E-state index contributed by atoms with van der Waals surface area (Å²) < 4.78 is 27.6. The van der Waals surface area contributed by atoms with E-state index in [1.54, 1.807) is 12.1 Å². The van der Waals surface area contributed by atoms with Crippen molar-refractivity contribution in [1.29, 1.82) is 0 Å². The Kier molecular flexibility index (Phi) is 6.02. The van der Waals surface area contributed by atoms with Gasteiger partial charge in [0.15, 0.2) is 0 Å². The maximum atomic E-state index is 12.7. The number of piperazine rings is 1. The number of benzene rings is 2. The monoisotopic (exact) mass is 402 g/mol. The highest BCUT2D eigenvalue weighted by Crippen LogP contribution is 2.28. The van der Waals surface area contributed by atoms with Gasteiger partial charge in [0.1, 0.15) is 4.90 Å². The van der Waals surface area contributed by atoms with E-state index in [4.69, 9.17) is 0 Å². The van der Waals surface area contributed by atoms with Gasteiger partial charge in [0.2, 0.25) is 10.0 Å². The second-order valence-electron chi connectivity index (χ2n) is 7.00. The van der Waals surface area contributed by atoms with Crippen LogP contribution in [0.2, 0.25) is 0 Å². The van der Waals surface area contributed by atoms with Crippen LogP contribution in [0, 0.1) is 6.92 Å². The molecule has 0 spiro atoms. The summed E-state index contributed by atoms with van der Waals surface area (Å²) in [6.45, 7) is 5.15. The first kappa shape index (κ1) is 20.3. The zero-order chi connectivity index (χ0) is 20.3. The fraction of sp³-hybridized carbons (Fsp3) is 0.350. The molecular weight excluding hydrogens is 376 g/mol. The van der Waals surface area contributed by atoms with Crippen LogP contribution in [0.4, 0.5) is 11.4 Å². The number of carbonyl (C=O) groups excluding carboxylic acids is 1. The van der Waals surface area contributed by atoms with Crippen molar-refractivity contribution < 1.29 is 13.2 Å². The lowest BCUT2D eigenvalue weighted by atomic mass is 10.1. The van der Waals surface area contributed by atoms with Crippen molar-refractivity contribution in [3.63, 3.8) is 0 Å². The molecule has 1 saturated heterocycles. The second-order valence-corrected chi connectivity index (χ2v) is 8.86. The van der Waals surface area contributed by atoms with E-state index >= 15 is 0 Å². The molecule has 0 aromatic heterocycles. The molecule has 0 atom stereocenters. The van der Waals surface area contributed by atoms with Crippen molar-refractivity contribution in [2.45, 2.75) is 11.8 Å². The Balaban J connectivity index is 1.92. The van der Waals surface area contributed by atoms with Gasteiger partial charge in [-0.3, -0.25) is 4.79 Å². The van der Waals surface area contributed by atoms with Crippen LogP contribution in [-0.2, 0) is 10.0 Å². The molecule has 150 valence electrons. The molecule has 2 aromatic carbocycles. The van der Waals surface area contributed by atoms with E-state index in [1.165, 1.54) is 13.1 Å². The van der Waals surface area contributed by atoms with Gasteiger partial charge in [-0.1, -0.05) is 17.7 Å². The number of amides is 1. The van der Waals surface area contributed by atoms with Crippen molar-refractivity contribution in [3.8, 4) is 0 Å². The summed E-state index contributed by atoms with van der Waals surface area (Å²) in [4.78, 5) is 17.0. The van der Waals surface area contributed by atoms with Crippen LogP contribution >= 0.6 is 0 Å². The van der Waals surface area contributed by atoms with Gasteiger partial charge < -0.3 is 15.1 Å². The number of hydrogen-bond donors (Lipinski definition) is 2. The van der Waals surface area contributed by atoms with Gasteiger partial charge in [-0.05, 0) is 51.4 Å². The number of likely N-dealkylation sites (N-methyl/N-ethyl adjacent to an activating group) is 1. The number of aryl methyl sites for hydroxylation is 1. The molecule has 1 aliphatic heterocycles. The van der Waals surface area contributed by atoms with E-state index in [-0.39, 0.29) is 10.8 Å². The highest BCUT2D eigenvalue weighted by molar-refractivity contribution is 7.89. The van der Waals surface area contributed by atoms with Gasteiger partial charge >= 0.3 is 0 Å². The third kappa shape index (κ3) is 4.52. The van der Waals surface area contributed by atoms with Crippen molar-refractivity contribution in [2.24, 2.45) is 0 Å². The number of carbonyl (C=O) groups is 1. The summed E-state index contributed by atoms with van der Waals surface area (Å²) >= 11 is 0. The van der Waals surface area contributed by atoms with Crippen LogP contribution in [0.1, 0.15) is 15.9 Å². The van der Waals surface area contributed by atoms with Gasteiger partial charge in [0, 0.05) is 37.4 Å². The average molecular weight is 403 g/mol. The standard InChI is InChI=1S/C20H26N4O3S/c1-15-4-7-17(8-5-15)22-20(25)16-6-9-18(19(14-16)28(26,27)21-2)24-12-10-23(3)11-13-24/h4-9,14,21H,10-13H2,1-3H3,(H,22,25). The lowest BCUT2D eigenvalue weighted by Gasteiger charge is -2.35. The van der Waals surface area contributed by atoms with E-state index in [9.17, 15) is 13.2 Å². The predicted octanol–water partition coefficient (Wildman–Crippen LogP) is 1.91. The van der Waals surface area contributed by atoms with Crippen LogP contribution in [0.15, 0.2) is 47.4 Å². The molecule has 0 saturated carbocycles. The molecule has 3 rings (SSSR count). The largest absolute Gasteiger partial charge is 0.368 e. The molecule has 0 radical (unpaired) electrons. The van der Waals surface area contributed by atoms with Crippen LogP contribution in [-0.4, -0.2) is 59.5 Å². The van der Waals surface area contributed by atoms with Crippen LogP contribution in [0.25, 0.3) is 0 Å². The van der Waals surface area contributed by atoms with E-state index < -0.39 is 10.0 Å². The smallest absolute Gasteiger partial charge is 0.255 e. The zero-order valence-corrected chi connectivity index (χ0v) is 17.2. The average Bonchev–Trinajstić information content (AvgIpc) is 2.70. The molecule has 0 bridgehead atoms. The normalized spacial score (nSPS) is 15.5. The third-order valence-electron chi connectivity index (χ3n) is 4.93. The Bertz CT molecular complexity index is 950. The Morgan fingerprint density at radius 2 is 1.64 bits per heavy atom. The molecule has 0 aliphatic carbocycles. The number of nitrogens with one attached hydrogen (secondary N) is 2. The Morgan fingerprint density at radius 3 is 2.25 bits per heavy atom. The second kappa shape index (κ2) is 8.30. The minimum absolute atomic E-state index is 0.121. The summed E-state index contributed by atoms with van der Waals surface area (Å²) in [5.74, 6) is -0.346. The summed E-state index contributed by atoms with van der Waals surface area (Å²) in [5, 5.41) is 2.81. The fourth-order valence-electron chi connectivity index (χ4n) is 3.13. The number of sulfonamides is 1. The van der Waals surface area contributed by atoms with Crippen molar-refractivity contribution in [3.05, 3.63) is 53.6 Å². The topological polar surface area (TPSA) is 81.7 Å². The highest BCUT2D eigenvalue weighted by atomic mass is 32.2. The zero-order valence-electron chi connectivity index (χ0n) is 16.4. The molecule has 2 aromatic rings. The fourth-order valence-corrected chi connectivity index (χ4v) is 4.10. The van der Waals surface area contributed by atoms with Gasteiger partial charge in [-0.2, -0.15) is 0 Å². The van der Waals surface area contributed by atoms with Crippen molar-refractivity contribution in [2.75, 3.05) is 50.5 Å². The molecular formula is C20H26N4O3S. The SMILES string of the molecule is CNS(=O)(=O)c1cc(C(=O)Nc2ccc(C)cc2)ccc1N1CCN(C)CC1. The lowest BCUT2D eigenvalue weighted by Crippen LogP contribution is -2.45. The van der Waals surface area contributed by atoms with E-state index in [0.717, 1.165) is 31.7 Å².